The van der Waals surface area contributed by atoms with Crippen LogP contribution in [0.1, 0.15) is 52.0 Å². The van der Waals surface area contributed by atoms with Crippen molar-refractivity contribution in [3.63, 3.8) is 0 Å². The molecule has 2 unspecified atom stereocenters. The Morgan fingerprint density at radius 1 is 1.06 bits per heavy atom. The van der Waals surface area contributed by atoms with Crippen molar-refractivity contribution in [1.82, 2.24) is 4.90 Å². The van der Waals surface area contributed by atoms with Crippen molar-refractivity contribution in [1.29, 1.82) is 0 Å². The monoisotopic (exact) mass is 643 g/mol. The molecule has 2 amide bonds. The summed E-state index contributed by atoms with van der Waals surface area (Å²) in [4.78, 5) is 48.9. The van der Waals surface area contributed by atoms with Crippen LogP contribution >= 0.6 is 0 Å². The smallest absolute Gasteiger partial charge is 0.312 e. The number of allylic oxidation sites excluding steroid dienone is 1. The maximum absolute atomic E-state index is 15.0. The Morgan fingerprint density at radius 3 is 2.36 bits per heavy atom. The van der Waals surface area contributed by atoms with Gasteiger partial charge in [-0.3, -0.25) is 14.4 Å². The van der Waals surface area contributed by atoms with Crippen LogP contribution < -0.4 is 9.80 Å². The topological polar surface area (TPSA) is 99.6 Å². The number of carbonyl (C=O) groups excluding carboxylic acids is 3. The summed E-state index contributed by atoms with van der Waals surface area (Å²) in [6.07, 6.45) is 6.04. The zero-order valence-corrected chi connectivity index (χ0v) is 28.0. The van der Waals surface area contributed by atoms with Crippen LogP contribution in [0.3, 0.4) is 0 Å². The molecule has 2 bridgehead atoms. The molecule has 47 heavy (non-hydrogen) atoms. The third kappa shape index (κ3) is 6.23. The van der Waals surface area contributed by atoms with E-state index < -0.39 is 41.1 Å². The minimum Gasteiger partial charge on any atom is -0.465 e. The van der Waals surface area contributed by atoms with Crippen LogP contribution in [0.15, 0.2) is 79.9 Å². The quantitative estimate of drug-likeness (QED) is 0.157. The molecule has 3 saturated heterocycles. The standard InChI is InChI=1S/C38H49N3O6/c1-6-10-14-24-46-36(45)32-31-34(43)41(30(26-42)25-27-15-12-11-13-16-27)33(38(31)22-21-37(32,5)47-38)35(44)40(23-7-2)29-19-17-28(18-20-29)39(8-3)9-4/h6-7,11-13,15-20,30-33,42H,1-2,8-10,14,21-26H2,3-5H3/t30-,31+,32+,33?,37-,38?/m1/s1. The van der Waals surface area contributed by atoms with Gasteiger partial charge in [-0.05, 0) is 82.7 Å². The third-order valence-corrected chi connectivity index (χ3v) is 10.3. The van der Waals surface area contributed by atoms with Crippen LogP contribution in [-0.4, -0.2) is 83.9 Å². The van der Waals surface area contributed by atoms with Crippen molar-refractivity contribution in [2.75, 3.05) is 42.6 Å². The summed E-state index contributed by atoms with van der Waals surface area (Å²) in [5, 5.41) is 10.8. The first kappa shape index (κ1) is 34.4. The highest BCUT2D eigenvalue weighted by atomic mass is 16.6. The maximum atomic E-state index is 15.0. The number of rotatable bonds is 16. The highest BCUT2D eigenvalue weighted by Gasteiger charge is 2.79. The molecule has 0 aliphatic carbocycles. The van der Waals surface area contributed by atoms with Gasteiger partial charge in [-0.2, -0.15) is 0 Å². The number of anilines is 2. The summed E-state index contributed by atoms with van der Waals surface area (Å²) in [7, 11) is 0. The van der Waals surface area contributed by atoms with Gasteiger partial charge in [0.2, 0.25) is 5.91 Å². The second kappa shape index (κ2) is 14.4. The van der Waals surface area contributed by atoms with E-state index in [1.165, 1.54) is 4.90 Å². The number of ether oxygens (including phenoxy) is 2. The molecule has 2 aromatic rings. The summed E-state index contributed by atoms with van der Waals surface area (Å²) in [6.45, 7) is 15.5. The predicted octanol–water partition coefficient (Wildman–Crippen LogP) is 4.93. The van der Waals surface area contributed by atoms with Gasteiger partial charge in [0, 0.05) is 31.0 Å². The fourth-order valence-corrected chi connectivity index (χ4v) is 8.05. The number of hydrogen-bond donors (Lipinski definition) is 1. The van der Waals surface area contributed by atoms with Crippen LogP contribution in [0, 0.1) is 11.8 Å². The maximum Gasteiger partial charge on any atom is 0.312 e. The van der Waals surface area contributed by atoms with Crippen LogP contribution in [0.2, 0.25) is 0 Å². The molecule has 252 valence electrons. The number of fused-ring (bicyclic) bond motifs is 1. The second-order valence-corrected chi connectivity index (χ2v) is 13.0. The molecular weight excluding hydrogens is 594 g/mol. The molecule has 6 atom stereocenters. The average molecular weight is 644 g/mol. The van der Waals surface area contributed by atoms with Gasteiger partial charge in [0.1, 0.15) is 17.6 Å². The number of hydrogen-bond acceptors (Lipinski definition) is 7. The molecule has 1 N–H and O–H groups in total. The van der Waals surface area contributed by atoms with Gasteiger partial charge in [-0.15, -0.1) is 13.2 Å². The van der Waals surface area contributed by atoms with E-state index >= 15 is 4.79 Å². The van der Waals surface area contributed by atoms with Crippen LogP contribution in [0.5, 0.6) is 0 Å². The van der Waals surface area contributed by atoms with Gasteiger partial charge in [0.05, 0.1) is 30.8 Å². The summed E-state index contributed by atoms with van der Waals surface area (Å²) >= 11 is 0. The van der Waals surface area contributed by atoms with Crippen LogP contribution in [0.25, 0.3) is 0 Å². The van der Waals surface area contributed by atoms with E-state index in [1.807, 2.05) is 61.5 Å². The predicted molar refractivity (Wildman–Crippen MR) is 183 cm³/mol. The Kier molecular flexibility index (Phi) is 10.6. The highest BCUT2D eigenvalue weighted by Crippen LogP contribution is 2.64. The molecule has 0 saturated carbocycles. The van der Waals surface area contributed by atoms with E-state index in [9.17, 15) is 14.7 Å². The number of likely N-dealkylation sites (tertiary alicyclic amines) is 1. The fourth-order valence-electron chi connectivity index (χ4n) is 8.05. The van der Waals surface area contributed by atoms with Gasteiger partial charge in [0.15, 0.2) is 0 Å². The average Bonchev–Trinajstić information content (AvgIpc) is 3.66. The van der Waals surface area contributed by atoms with Crippen LogP contribution in [0.4, 0.5) is 11.4 Å². The Hall–Kier alpha value is -3.95. The molecule has 0 radical (unpaired) electrons. The lowest BCUT2D eigenvalue weighted by Crippen LogP contribution is -2.59. The lowest BCUT2D eigenvalue weighted by Gasteiger charge is -2.39. The summed E-state index contributed by atoms with van der Waals surface area (Å²) < 4.78 is 12.5. The van der Waals surface area contributed by atoms with E-state index in [2.05, 4.69) is 31.9 Å². The Balaban J connectivity index is 1.57. The lowest BCUT2D eigenvalue weighted by atomic mass is 9.66. The molecule has 2 aromatic carbocycles. The molecule has 3 heterocycles. The Morgan fingerprint density at radius 2 is 1.74 bits per heavy atom. The minimum atomic E-state index is -1.25. The summed E-state index contributed by atoms with van der Waals surface area (Å²) in [6, 6.07) is 15.6. The molecule has 3 aliphatic rings. The molecule has 9 heteroatoms. The van der Waals surface area contributed by atoms with Gasteiger partial charge in [-0.1, -0.05) is 42.5 Å². The normalized spacial score (nSPS) is 26.5. The lowest BCUT2D eigenvalue weighted by molar-refractivity contribution is -0.160. The van der Waals surface area contributed by atoms with Gasteiger partial charge < -0.3 is 29.3 Å². The van der Waals surface area contributed by atoms with E-state index in [0.29, 0.717) is 37.8 Å². The molecule has 1 spiro atoms. The second-order valence-electron chi connectivity index (χ2n) is 13.0. The minimum absolute atomic E-state index is 0.206. The van der Waals surface area contributed by atoms with Crippen molar-refractivity contribution < 1.29 is 29.0 Å². The molecule has 5 rings (SSSR count). The number of unbranched alkanes of at least 4 members (excludes halogenated alkanes) is 1. The van der Waals surface area contributed by atoms with Gasteiger partial charge in [0.25, 0.3) is 5.91 Å². The third-order valence-electron chi connectivity index (χ3n) is 10.3. The molecule has 0 aromatic heterocycles. The number of aliphatic hydroxyl groups excluding tert-OH is 1. The largest absolute Gasteiger partial charge is 0.465 e. The van der Waals surface area contributed by atoms with E-state index in [-0.39, 0.29) is 31.6 Å². The zero-order valence-electron chi connectivity index (χ0n) is 28.0. The number of benzene rings is 2. The van der Waals surface area contributed by atoms with Crippen molar-refractivity contribution in [3.05, 3.63) is 85.5 Å². The fraction of sp³-hybridized carbons (Fsp3) is 0.500. The van der Waals surface area contributed by atoms with E-state index in [0.717, 1.165) is 24.3 Å². The summed E-state index contributed by atoms with van der Waals surface area (Å²) in [5.41, 5.74) is 0.426. The number of esters is 1. The van der Waals surface area contributed by atoms with Crippen molar-refractivity contribution in [2.45, 2.75) is 76.2 Å². The van der Waals surface area contributed by atoms with Crippen LogP contribution in [-0.2, 0) is 30.3 Å². The number of amides is 2. The number of carbonyl (C=O) groups is 3. The van der Waals surface area contributed by atoms with Gasteiger partial charge >= 0.3 is 5.97 Å². The molecule has 9 nitrogen and oxygen atoms in total. The zero-order chi connectivity index (χ0) is 33.8. The molecule has 3 aliphatic heterocycles. The number of nitrogens with zero attached hydrogens (tertiary/aromatic N) is 3. The highest BCUT2D eigenvalue weighted by molar-refractivity contribution is 6.05. The SMILES string of the molecule is C=CCCCOC(=O)[C@@H]1[C@H]2C(=O)N([C@@H](CO)Cc3ccccc3)C(C(=O)N(CC=C)c3ccc(N(CC)CC)cc3)C23CC[C@@]1(C)O3. The van der Waals surface area contributed by atoms with Crippen molar-refractivity contribution in [2.24, 2.45) is 11.8 Å². The van der Waals surface area contributed by atoms with Crippen molar-refractivity contribution >= 4 is 29.2 Å². The first-order valence-electron chi connectivity index (χ1n) is 16.9. The first-order chi connectivity index (χ1) is 22.7. The molecular formula is C38H49N3O6. The number of aliphatic hydroxyl groups is 1. The van der Waals surface area contributed by atoms with E-state index in [1.54, 1.807) is 17.1 Å². The summed E-state index contributed by atoms with van der Waals surface area (Å²) in [5.74, 6) is -2.95. The Bertz CT molecular complexity index is 1440. The first-order valence-corrected chi connectivity index (χ1v) is 16.9. The van der Waals surface area contributed by atoms with Crippen molar-refractivity contribution in [3.8, 4) is 0 Å². The van der Waals surface area contributed by atoms with E-state index in [4.69, 9.17) is 9.47 Å². The van der Waals surface area contributed by atoms with Gasteiger partial charge in [-0.25, -0.2) is 0 Å². The molecule has 3 fully saturated rings. The Labute approximate surface area is 278 Å².